The maximum absolute atomic E-state index is 12.9. The van der Waals surface area contributed by atoms with E-state index in [0.29, 0.717) is 18.7 Å². The van der Waals surface area contributed by atoms with Crippen LogP contribution in [-0.2, 0) is 44.6 Å². The lowest BCUT2D eigenvalue weighted by Crippen LogP contribution is -2.64. The molecule has 2 amide bonds. The second-order valence-corrected chi connectivity index (χ2v) is 13.6. The predicted octanol–water partition coefficient (Wildman–Crippen LogP) is 0.423. The maximum Gasteiger partial charge on any atom is 0.335 e. The van der Waals surface area contributed by atoms with Gasteiger partial charge in [0.05, 0.1) is 51.3 Å². The number of carbonyl (C=O) groups excluding carboxylic acids is 2. The van der Waals surface area contributed by atoms with Gasteiger partial charge in [-0.25, -0.2) is 4.79 Å². The highest BCUT2D eigenvalue weighted by Gasteiger charge is 2.52. The van der Waals surface area contributed by atoms with Crippen molar-refractivity contribution in [1.29, 1.82) is 0 Å². The van der Waals surface area contributed by atoms with E-state index >= 15 is 0 Å². The Morgan fingerprint density at radius 1 is 0.811 bits per heavy atom. The number of carboxylic acid groups (broad SMARTS) is 1. The number of aliphatic hydroxyl groups excluding tert-OH is 4. The first kappa shape index (κ1) is 42.7. The SMILES string of the molecule is CC[C@@H]1OC(C(=O)O)[C@@H](O[C@@H]2OC(C(=O)NCCOCCOCCNC(=O)c3ccc(CO[C@H]4CC/C=C/CCC4)cc3)[C@@H](C)[C@@H](O)C2O)[C@@H](O)C1O. The molecule has 298 valence electrons. The van der Waals surface area contributed by atoms with Crippen LogP contribution in [0.4, 0.5) is 0 Å². The molecule has 1 aromatic rings. The van der Waals surface area contributed by atoms with Crippen molar-refractivity contribution < 1.29 is 68.3 Å². The lowest BCUT2D eigenvalue weighted by Gasteiger charge is -2.45. The summed E-state index contributed by atoms with van der Waals surface area (Å²) in [4.78, 5) is 37.3. The Morgan fingerprint density at radius 2 is 1.49 bits per heavy atom. The first-order valence-electron chi connectivity index (χ1n) is 18.5. The second kappa shape index (κ2) is 21.8. The molecule has 0 radical (unpaired) electrons. The van der Waals surface area contributed by atoms with Crippen LogP contribution in [-0.4, -0.2) is 144 Å². The predicted molar refractivity (Wildman–Crippen MR) is 188 cm³/mol. The van der Waals surface area contributed by atoms with E-state index in [1.807, 2.05) is 12.1 Å². The molecule has 0 spiro atoms. The van der Waals surface area contributed by atoms with Gasteiger partial charge in [0.15, 0.2) is 12.4 Å². The summed E-state index contributed by atoms with van der Waals surface area (Å²) in [5.74, 6) is -3.19. The van der Waals surface area contributed by atoms with Crippen molar-refractivity contribution in [2.75, 3.05) is 39.5 Å². The van der Waals surface area contributed by atoms with Crippen LogP contribution in [0.2, 0.25) is 0 Å². The fraction of sp³-hybridized carbons (Fsp3) is 0.703. The number of carbonyl (C=O) groups is 3. The monoisotopic (exact) mass is 752 g/mol. The summed E-state index contributed by atoms with van der Waals surface area (Å²) in [6.07, 6.45) is -3.43. The van der Waals surface area contributed by atoms with Gasteiger partial charge in [-0.2, -0.15) is 0 Å². The van der Waals surface area contributed by atoms with Gasteiger partial charge in [-0.3, -0.25) is 9.59 Å². The average Bonchev–Trinajstić information content (AvgIpc) is 3.13. The van der Waals surface area contributed by atoms with Crippen molar-refractivity contribution >= 4 is 17.8 Å². The Balaban J connectivity index is 1.08. The molecule has 1 aromatic carbocycles. The molecule has 3 aliphatic rings. The van der Waals surface area contributed by atoms with Gasteiger partial charge < -0.3 is 64.6 Å². The summed E-state index contributed by atoms with van der Waals surface area (Å²) in [6, 6.07) is 7.37. The van der Waals surface area contributed by atoms with Gasteiger partial charge in [0.2, 0.25) is 5.91 Å². The molecular weight excluding hydrogens is 696 g/mol. The minimum atomic E-state index is -1.71. The number of rotatable bonds is 18. The van der Waals surface area contributed by atoms with E-state index in [-0.39, 0.29) is 51.4 Å². The zero-order valence-electron chi connectivity index (χ0n) is 30.4. The van der Waals surface area contributed by atoms with Crippen molar-refractivity contribution in [1.82, 2.24) is 10.6 Å². The second-order valence-electron chi connectivity index (χ2n) is 13.6. The number of ether oxygens (including phenoxy) is 6. The van der Waals surface area contributed by atoms with Crippen molar-refractivity contribution in [2.45, 2.75) is 120 Å². The number of aliphatic hydroxyl groups is 4. The van der Waals surface area contributed by atoms with Gasteiger partial charge >= 0.3 is 5.97 Å². The summed E-state index contributed by atoms with van der Waals surface area (Å²) in [5.41, 5.74) is 1.57. The summed E-state index contributed by atoms with van der Waals surface area (Å²) in [6.45, 7) is 4.92. The number of aliphatic carboxylic acids is 1. The quantitative estimate of drug-likeness (QED) is 0.0797. The summed E-state index contributed by atoms with van der Waals surface area (Å²) in [7, 11) is 0. The van der Waals surface area contributed by atoms with Crippen LogP contribution in [0, 0.1) is 5.92 Å². The number of allylic oxidation sites excluding steroid dienone is 2. The third kappa shape index (κ3) is 12.5. The fourth-order valence-electron chi connectivity index (χ4n) is 6.46. The summed E-state index contributed by atoms with van der Waals surface area (Å²) < 4.78 is 33.7. The highest BCUT2D eigenvalue weighted by molar-refractivity contribution is 5.94. The third-order valence-corrected chi connectivity index (χ3v) is 9.68. The van der Waals surface area contributed by atoms with Gasteiger partial charge in [0.1, 0.15) is 30.5 Å². The van der Waals surface area contributed by atoms with E-state index < -0.39 is 72.9 Å². The molecule has 53 heavy (non-hydrogen) atoms. The Hall–Kier alpha value is -3.03. The van der Waals surface area contributed by atoms with Crippen molar-refractivity contribution in [3.8, 4) is 0 Å². The molecule has 11 atom stereocenters. The van der Waals surface area contributed by atoms with E-state index in [9.17, 15) is 39.9 Å². The number of benzene rings is 1. The van der Waals surface area contributed by atoms with Crippen LogP contribution in [0.3, 0.4) is 0 Å². The smallest absolute Gasteiger partial charge is 0.335 e. The number of hydrogen-bond acceptors (Lipinski definition) is 13. The molecule has 16 heteroatoms. The van der Waals surface area contributed by atoms with Gasteiger partial charge in [0.25, 0.3) is 5.91 Å². The van der Waals surface area contributed by atoms with Crippen molar-refractivity contribution in [3.63, 3.8) is 0 Å². The normalized spacial score (nSPS) is 32.6. The highest BCUT2D eigenvalue weighted by Crippen LogP contribution is 2.32. The topological polar surface area (TPSA) is 232 Å². The zero-order chi connectivity index (χ0) is 38.3. The van der Waals surface area contributed by atoms with Crippen LogP contribution >= 0.6 is 0 Å². The van der Waals surface area contributed by atoms with E-state index in [1.54, 1.807) is 19.1 Å². The van der Waals surface area contributed by atoms with Crippen LogP contribution < -0.4 is 10.6 Å². The summed E-state index contributed by atoms with van der Waals surface area (Å²) >= 11 is 0. The molecule has 1 aliphatic carbocycles. The van der Waals surface area contributed by atoms with E-state index in [1.165, 1.54) is 6.92 Å². The number of amides is 2. The molecule has 7 N–H and O–H groups in total. The van der Waals surface area contributed by atoms with Crippen LogP contribution in [0.1, 0.15) is 68.3 Å². The molecule has 4 unspecified atom stereocenters. The molecule has 2 heterocycles. The van der Waals surface area contributed by atoms with E-state index in [0.717, 1.165) is 37.7 Å². The first-order valence-corrected chi connectivity index (χ1v) is 18.5. The van der Waals surface area contributed by atoms with Crippen LogP contribution in [0.5, 0.6) is 0 Å². The third-order valence-electron chi connectivity index (χ3n) is 9.68. The molecule has 0 bridgehead atoms. The molecular formula is C37H56N2O14. The van der Waals surface area contributed by atoms with Gasteiger partial charge in [0, 0.05) is 24.6 Å². The molecule has 16 nitrogen and oxygen atoms in total. The lowest BCUT2D eigenvalue weighted by molar-refractivity contribution is -0.325. The number of nitrogens with one attached hydrogen (secondary N) is 2. The van der Waals surface area contributed by atoms with Crippen molar-refractivity contribution in [3.05, 3.63) is 47.5 Å². The average molecular weight is 753 g/mol. The Kier molecular flexibility index (Phi) is 17.5. The van der Waals surface area contributed by atoms with E-state index in [2.05, 4.69) is 22.8 Å². The van der Waals surface area contributed by atoms with Gasteiger partial charge in [-0.05, 0) is 56.2 Å². The van der Waals surface area contributed by atoms with Crippen molar-refractivity contribution in [2.24, 2.45) is 5.92 Å². The molecule has 2 aliphatic heterocycles. The maximum atomic E-state index is 12.9. The Morgan fingerprint density at radius 3 is 2.17 bits per heavy atom. The lowest BCUT2D eigenvalue weighted by atomic mass is 9.89. The Labute approximate surface area is 309 Å². The minimum absolute atomic E-state index is 0.0790. The minimum Gasteiger partial charge on any atom is -0.479 e. The highest BCUT2D eigenvalue weighted by atomic mass is 16.7. The largest absolute Gasteiger partial charge is 0.479 e. The molecule has 2 saturated heterocycles. The van der Waals surface area contributed by atoms with Gasteiger partial charge in [-0.15, -0.1) is 0 Å². The van der Waals surface area contributed by atoms with Crippen LogP contribution in [0.25, 0.3) is 0 Å². The standard InChI is InChI=1S/C37H56N2O14/c1-3-26-28(41)29(42)32(33(51-26)36(46)47)53-37-30(43)27(40)22(2)31(52-37)35(45)39-16-18-49-20-19-48-17-15-38-34(44)24-13-11-23(12-14-24)21-50-25-9-7-5-4-6-8-10-25/h4-5,11-14,22,25-33,37,40-43H,3,6-10,15-21H2,1-2H3,(H,38,44)(H,39,45)(H,46,47)/b5-4+/t22-,25-,26-,27+,28?,29-,30?,31?,32-,33?,37-/m0/s1. The van der Waals surface area contributed by atoms with E-state index in [4.69, 9.17) is 28.4 Å². The first-order chi connectivity index (χ1) is 25.5. The zero-order valence-corrected chi connectivity index (χ0v) is 30.4. The van der Waals surface area contributed by atoms with Crippen LogP contribution in [0.15, 0.2) is 36.4 Å². The Bertz CT molecular complexity index is 1310. The number of hydrogen-bond donors (Lipinski definition) is 7. The molecule has 0 aromatic heterocycles. The molecule has 4 rings (SSSR count). The molecule has 2 fully saturated rings. The molecule has 0 saturated carbocycles. The van der Waals surface area contributed by atoms with Gasteiger partial charge in [-0.1, -0.05) is 38.1 Å². The summed E-state index contributed by atoms with van der Waals surface area (Å²) in [5, 5.41) is 57.3. The fourth-order valence-corrected chi connectivity index (χ4v) is 6.46. The number of carboxylic acids is 1.